The van der Waals surface area contributed by atoms with Gasteiger partial charge in [0.2, 0.25) is 10.0 Å². The van der Waals surface area contributed by atoms with Gasteiger partial charge in [-0.25, -0.2) is 13.1 Å². The number of aromatic nitrogens is 1. The number of hydrogen-bond donors (Lipinski definition) is 2. The molecule has 0 unspecified atom stereocenters. The van der Waals surface area contributed by atoms with Crippen LogP contribution in [-0.4, -0.2) is 46.0 Å². The first kappa shape index (κ1) is 16.3. The van der Waals surface area contributed by atoms with E-state index >= 15 is 0 Å². The van der Waals surface area contributed by atoms with E-state index in [1.54, 1.807) is 0 Å². The molecule has 0 fully saturated rings. The smallest absolute Gasteiger partial charge is 0.215 e. The second-order valence-electron chi connectivity index (χ2n) is 5.27. The molecule has 7 heteroatoms. The van der Waals surface area contributed by atoms with Crippen LogP contribution in [0.25, 0.3) is 10.9 Å². The maximum atomic E-state index is 11.8. The van der Waals surface area contributed by atoms with Crippen molar-refractivity contribution in [2.45, 2.75) is 12.2 Å². The number of rotatable bonds is 6. The number of halogens is 1. The van der Waals surface area contributed by atoms with Gasteiger partial charge < -0.3 is 9.88 Å². The molecule has 5 nitrogen and oxygen atoms in total. The van der Waals surface area contributed by atoms with E-state index in [-0.39, 0.29) is 5.75 Å². The van der Waals surface area contributed by atoms with Crippen LogP contribution in [0.15, 0.2) is 18.2 Å². The van der Waals surface area contributed by atoms with E-state index in [2.05, 4.69) is 14.6 Å². The first-order valence-corrected chi connectivity index (χ1v) is 8.71. The molecule has 1 aromatic heterocycles. The monoisotopic (exact) mass is 329 g/mol. The van der Waals surface area contributed by atoms with Crippen molar-refractivity contribution in [2.75, 3.05) is 27.7 Å². The second-order valence-corrected chi connectivity index (χ2v) is 7.58. The third-order valence-corrected chi connectivity index (χ3v) is 5.06. The van der Waals surface area contributed by atoms with Gasteiger partial charge in [-0.2, -0.15) is 0 Å². The molecule has 0 bridgehead atoms. The quantitative estimate of drug-likeness (QED) is 0.851. The number of nitrogens with one attached hydrogen (secondary N) is 2. The van der Waals surface area contributed by atoms with Gasteiger partial charge in [0.25, 0.3) is 0 Å². The highest BCUT2D eigenvalue weighted by atomic mass is 35.5. The Bertz CT molecular complexity index is 738. The van der Waals surface area contributed by atoms with Crippen LogP contribution in [0.2, 0.25) is 5.15 Å². The fourth-order valence-corrected chi connectivity index (χ4v) is 3.42. The van der Waals surface area contributed by atoms with Crippen molar-refractivity contribution in [3.63, 3.8) is 0 Å². The van der Waals surface area contributed by atoms with Crippen LogP contribution < -0.4 is 4.72 Å². The zero-order valence-electron chi connectivity index (χ0n) is 12.4. The van der Waals surface area contributed by atoms with E-state index in [0.717, 1.165) is 35.0 Å². The lowest BCUT2D eigenvalue weighted by molar-refractivity contribution is 0.414. The minimum absolute atomic E-state index is 0.0516. The number of fused-ring (bicyclic) bond motifs is 1. The molecule has 2 rings (SSSR count). The average molecular weight is 330 g/mol. The third-order valence-electron chi connectivity index (χ3n) is 3.43. The molecule has 0 saturated carbocycles. The number of nitrogens with zero attached hydrogens (tertiary/aromatic N) is 1. The minimum Gasteiger partial charge on any atom is -0.345 e. The van der Waals surface area contributed by atoms with E-state index in [4.69, 9.17) is 11.6 Å². The highest BCUT2D eigenvalue weighted by molar-refractivity contribution is 7.88. The van der Waals surface area contributed by atoms with Gasteiger partial charge in [-0.1, -0.05) is 23.7 Å². The summed E-state index contributed by atoms with van der Waals surface area (Å²) in [4.78, 5) is 5.20. The molecule has 0 aliphatic carbocycles. The molecule has 21 heavy (non-hydrogen) atoms. The zero-order valence-corrected chi connectivity index (χ0v) is 14.0. The number of aromatic amines is 1. The van der Waals surface area contributed by atoms with Crippen molar-refractivity contribution in [3.05, 3.63) is 34.5 Å². The molecule has 1 aromatic carbocycles. The van der Waals surface area contributed by atoms with E-state index < -0.39 is 10.0 Å². The molecule has 2 aromatic rings. The van der Waals surface area contributed by atoms with E-state index in [1.807, 2.05) is 32.3 Å². The predicted octanol–water partition coefficient (Wildman–Crippen LogP) is 1.97. The molecule has 2 N–H and O–H groups in total. The molecule has 0 radical (unpaired) electrons. The average Bonchev–Trinajstić information content (AvgIpc) is 2.73. The van der Waals surface area contributed by atoms with Crippen LogP contribution in [0.4, 0.5) is 0 Å². The van der Waals surface area contributed by atoms with Gasteiger partial charge in [0.05, 0.1) is 5.75 Å². The molecule has 0 aliphatic rings. The number of hydrogen-bond acceptors (Lipinski definition) is 3. The van der Waals surface area contributed by atoms with Crippen molar-refractivity contribution in [2.24, 2.45) is 0 Å². The maximum absolute atomic E-state index is 11.8. The van der Waals surface area contributed by atoms with Gasteiger partial charge >= 0.3 is 0 Å². The first-order chi connectivity index (χ1) is 9.84. The Hall–Kier alpha value is -1.08. The Balaban J connectivity index is 2.51. The van der Waals surface area contributed by atoms with Crippen molar-refractivity contribution in [1.29, 1.82) is 0 Å². The van der Waals surface area contributed by atoms with Crippen LogP contribution >= 0.6 is 11.6 Å². The van der Waals surface area contributed by atoms with Crippen LogP contribution in [0, 0.1) is 0 Å². The lowest BCUT2D eigenvalue weighted by atomic mass is 10.1. The normalized spacial score (nSPS) is 12.4. The molecular weight excluding hydrogens is 310 g/mol. The topological polar surface area (TPSA) is 65.2 Å². The largest absolute Gasteiger partial charge is 0.345 e. The van der Waals surface area contributed by atoms with Crippen LogP contribution in [-0.2, 0) is 22.2 Å². The lowest BCUT2D eigenvalue weighted by Crippen LogP contribution is -2.20. The third kappa shape index (κ3) is 3.77. The summed E-state index contributed by atoms with van der Waals surface area (Å²) in [6, 6.07) is 5.59. The molecule has 116 valence electrons. The van der Waals surface area contributed by atoms with Gasteiger partial charge in [-0.05, 0) is 44.8 Å². The summed E-state index contributed by atoms with van der Waals surface area (Å²) in [7, 11) is 2.09. The summed E-state index contributed by atoms with van der Waals surface area (Å²) in [6.07, 6.45) is 0.766. The summed E-state index contributed by atoms with van der Waals surface area (Å²) < 4.78 is 26.0. The number of H-pyrrole nitrogens is 1. The number of likely N-dealkylation sites (N-methyl/N-ethyl adjacent to an activating group) is 1. The number of sulfonamides is 1. The van der Waals surface area contributed by atoms with Gasteiger partial charge in [-0.3, -0.25) is 0 Å². The molecule has 0 spiro atoms. The van der Waals surface area contributed by atoms with Crippen molar-refractivity contribution in [1.82, 2.24) is 14.6 Å². The van der Waals surface area contributed by atoms with Gasteiger partial charge in [0, 0.05) is 17.4 Å². The van der Waals surface area contributed by atoms with Gasteiger partial charge in [0.15, 0.2) is 0 Å². The SMILES string of the molecule is CNS(=O)(=O)Cc1cccc2[nH]c(Cl)c(CCN(C)C)c12. The van der Waals surface area contributed by atoms with Crippen LogP contribution in [0.5, 0.6) is 0 Å². The van der Waals surface area contributed by atoms with Crippen molar-refractivity contribution < 1.29 is 8.42 Å². The summed E-state index contributed by atoms with van der Waals surface area (Å²) in [5.74, 6) is -0.0516. The standard InChI is InChI=1S/C14H20ClN3O2S/c1-16-21(19,20)9-10-5-4-6-12-13(10)11(14(15)17-12)7-8-18(2)3/h4-6,16-17H,7-9H2,1-3H3. The predicted molar refractivity (Wildman–Crippen MR) is 87.3 cm³/mol. The van der Waals surface area contributed by atoms with Crippen molar-refractivity contribution >= 4 is 32.5 Å². The number of benzene rings is 1. The molecular formula is C14H20ClN3O2S. The molecule has 0 aliphatic heterocycles. The highest BCUT2D eigenvalue weighted by Gasteiger charge is 2.17. The minimum atomic E-state index is -3.32. The fourth-order valence-electron chi connectivity index (χ4n) is 2.33. The second kappa shape index (κ2) is 6.36. The highest BCUT2D eigenvalue weighted by Crippen LogP contribution is 2.30. The summed E-state index contributed by atoms with van der Waals surface area (Å²) in [5, 5.41) is 1.50. The van der Waals surface area contributed by atoms with Crippen LogP contribution in [0.3, 0.4) is 0 Å². The summed E-state index contributed by atoms with van der Waals surface area (Å²) >= 11 is 6.29. The fraction of sp³-hybridized carbons (Fsp3) is 0.429. The van der Waals surface area contributed by atoms with E-state index in [9.17, 15) is 8.42 Å². The summed E-state index contributed by atoms with van der Waals surface area (Å²) in [6.45, 7) is 0.847. The lowest BCUT2D eigenvalue weighted by Gasteiger charge is -2.10. The molecule has 0 saturated heterocycles. The maximum Gasteiger partial charge on any atom is 0.215 e. The Morgan fingerprint density at radius 1 is 1.33 bits per heavy atom. The molecule has 1 heterocycles. The Labute approximate surface area is 130 Å². The van der Waals surface area contributed by atoms with Gasteiger partial charge in [-0.15, -0.1) is 0 Å². The van der Waals surface area contributed by atoms with E-state index in [1.165, 1.54) is 7.05 Å². The first-order valence-electron chi connectivity index (χ1n) is 6.68. The van der Waals surface area contributed by atoms with Crippen molar-refractivity contribution in [3.8, 4) is 0 Å². The molecule has 0 atom stereocenters. The van der Waals surface area contributed by atoms with Gasteiger partial charge in [0.1, 0.15) is 5.15 Å². The summed E-state index contributed by atoms with van der Waals surface area (Å²) in [5.41, 5.74) is 2.61. The Kier molecular flexibility index (Phi) is 4.93. The van der Waals surface area contributed by atoms with Crippen LogP contribution in [0.1, 0.15) is 11.1 Å². The zero-order chi connectivity index (χ0) is 15.6. The molecule has 0 amide bonds. The Morgan fingerprint density at radius 2 is 2.05 bits per heavy atom. The Morgan fingerprint density at radius 3 is 2.67 bits per heavy atom. The van der Waals surface area contributed by atoms with E-state index in [0.29, 0.717) is 5.15 Å².